The summed E-state index contributed by atoms with van der Waals surface area (Å²) in [5.74, 6) is 0.0821. The summed E-state index contributed by atoms with van der Waals surface area (Å²) >= 11 is 6.59. The number of nitrogens with zero attached hydrogens (tertiary/aromatic N) is 6. The number of fused-ring (bicyclic) bond motifs is 2. The molecule has 0 saturated carbocycles. The lowest BCUT2D eigenvalue weighted by atomic mass is 9.72. The highest BCUT2D eigenvalue weighted by Crippen LogP contribution is 2.43. The Balaban J connectivity index is 1.26. The van der Waals surface area contributed by atoms with Crippen LogP contribution in [0.5, 0.6) is 6.01 Å². The number of halogens is 2. The van der Waals surface area contributed by atoms with Crippen molar-refractivity contribution >= 4 is 45.0 Å². The van der Waals surface area contributed by atoms with Crippen LogP contribution in [-0.4, -0.2) is 83.1 Å². The quantitative estimate of drug-likeness (QED) is 0.262. The number of ether oxygens (including phenoxy) is 1. The van der Waals surface area contributed by atoms with Gasteiger partial charge < -0.3 is 19.4 Å². The lowest BCUT2D eigenvalue weighted by molar-refractivity contribution is -0.139. The van der Waals surface area contributed by atoms with Gasteiger partial charge in [-0.25, -0.2) is 4.39 Å². The summed E-state index contributed by atoms with van der Waals surface area (Å²) in [4.78, 5) is 32.4. The predicted octanol–water partition coefficient (Wildman–Crippen LogP) is 5.73. The zero-order chi connectivity index (χ0) is 29.7. The summed E-state index contributed by atoms with van der Waals surface area (Å²) in [6.45, 7) is 8.03. The number of piperidine rings is 1. The molecule has 1 atom stereocenters. The second kappa shape index (κ2) is 11.0. The molecule has 2 aromatic carbocycles. The van der Waals surface area contributed by atoms with E-state index in [1.54, 1.807) is 12.3 Å². The van der Waals surface area contributed by atoms with Gasteiger partial charge in [0.25, 0.3) is 0 Å². The van der Waals surface area contributed by atoms with E-state index in [1.807, 2.05) is 35.2 Å². The number of carbonyl (C=O) groups excluding carboxylic acids is 1. The zero-order valence-corrected chi connectivity index (χ0v) is 25.0. The number of aromatic nitrogens is 3. The Labute approximate surface area is 255 Å². The van der Waals surface area contributed by atoms with Crippen LogP contribution >= 0.6 is 11.6 Å². The van der Waals surface area contributed by atoms with Crippen LogP contribution in [0.15, 0.2) is 55.3 Å². The second-order valence-corrected chi connectivity index (χ2v) is 12.5. The molecule has 3 saturated heterocycles. The topological polar surface area (TPSA) is 74.7 Å². The predicted molar refractivity (Wildman–Crippen MR) is 167 cm³/mol. The molecule has 43 heavy (non-hydrogen) atoms. The standard InChI is InChI=1S/C33H34ClFN6O2/c1-3-26(42)41-19-33(20-41)12-15-40(16-13-33)31-24-17-36-29(23-10-4-7-21-8-5-11-25(34)27(21)23)28(35)30(24)37-32(38-31)43-18-22-9-6-14-39(22)2/h3-5,7-8,10-11,17,22H,1,6,9,12-16,18-20H2,2H3/t22-/m0/s1. The maximum atomic E-state index is 16.6. The molecule has 8 nitrogen and oxygen atoms in total. The van der Waals surface area contributed by atoms with Crippen molar-refractivity contribution in [3.63, 3.8) is 0 Å². The molecule has 222 valence electrons. The van der Waals surface area contributed by atoms with E-state index in [9.17, 15) is 4.79 Å². The van der Waals surface area contributed by atoms with Crippen molar-refractivity contribution in [2.75, 3.05) is 51.3 Å². The molecule has 2 aromatic heterocycles. The van der Waals surface area contributed by atoms with Crippen LogP contribution in [0.3, 0.4) is 0 Å². The molecule has 0 unspecified atom stereocenters. The van der Waals surface area contributed by atoms with E-state index in [1.165, 1.54) is 6.08 Å². The van der Waals surface area contributed by atoms with Gasteiger partial charge in [0.2, 0.25) is 5.91 Å². The number of rotatable bonds is 6. The fourth-order valence-electron chi connectivity index (χ4n) is 6.93. The van der Waals surface area contributed by atoms with Gasteiger partial charge in [0.15, 0.2) is 5.82 Å². The first-order chi connectivity index (χ1) is 20.9. The Bertz CT molecular complexity index is 1730. The number of hydrogen-bond donors (Lipinski definition) is 0. The normalized spacial score (nSPS) is 20.1. The molecule has 4 aromatic rings. The highest BCUT2D eigenvalue weighted by Gasteiger charge is 2.46. The Morgan fingerprint density at radius 3 is 2.65 bits per heavy atom. The van der Waals surface area contributed by atoms with Crippen LogP contribution in [0.1, 0.15) is 25.7 Å². The highest BCUT2D eigenvalue weighted by atomic mass is 35.5. The summed E-state index contributed by atoms with van der Waals surface area (Å²) in [6, 6.07) is 11.7. The molecular weight excluding hydrogens is 567 g/mol. The van der Waals surface area contributed by atoms with Gasteiger partial charge in [-0.15, -0.1) is 0 Å². The van der Waals surface area contributed by atoms with Gasteiger partial charge in [-0.1, -0.05) is 48.5 Å². The minimum absolute atomic E-state index is 0.0191. The second-order valence-electron chi connectivity index (χ2n) is 12.1. The van der Waals surface area contributed by atoms with Crippen LogP contribution in [0.25, 0.3) is 32.9 Å². The van der Waals surface area contributed by atoms with Crippen molar-refractivity contribution < 1.29 is 13.9 Å². The SMILES string of the molecule is C=CC(=O)N1CC2(CCN(c3nc(OC[C@@H]4CCCN4C)nc4c(F)c(-c5cccc6cccc(Cl)c56)ncc34)CC2)C1. The van der Waals surface area contributed by atoms with Crippen molar-refractivity contribution in [1.82, 2.24) is 24.8 Å². The minimum atomic E-state index is -0.526. The third kappa shape index (κ3) is 4.98. The van der Waals surface area contributed by atoms with Crippen molar-refractivity contribution in [2.24, 2.45) is 5.41 Å². The number of benzene rings is 2. The third-order valence-electron chi connectivity index (χ3n) is 9.49. The maximum Gasteiger partial charge on any atom is 0.319 e. The number of amides is 1. The highest BCUT2D eigenvalue weighted by molar-refractivity contribution is 6.36. The average Bonchev–Trinajstić information content (AvgIpc) is 3.43. The van der Waals surface area contributed by atoms with Crippen LogP contribution in [0, 0.1) is 11.2 Å². The van der Waals surface area contributed by atoms with E-state index in [-0.39, 0.29) is 34.6 Å². The molecule has 3 fully saturated rings. The van der Waals surface area contributed by atoms with Gasteiger partial charge in [0.05, 0.1) is 5.39 Å². The van der Waals surface area contributed by atoms with E-state index >= 15 is 4.39 Å². The molecule has 7 rings (SSSR count). The summed E-state index contributed by atoms with van der Waals surface area (Å²) in [5.41, 5.74) is 1.09. The minimum Gasteiger partial charge on any atom is -0.462 e. The zero-order valence-electron chi connectivity index (χ0n) is 24.2. The van der Waals surface area contributed by atoms with E-state index in [0.29, 0.717) is 28.4 Å². The van der Waals surface area contributed by atoms with Crippen molar-refractivity contribution in [3.8, 4) is 17.3 Å². The molecule has 0 N–H and O–H groups in total. The van der Waals surface area contributed by atoms with Crippen LogP contribution < -0.4 is 9.64 Å². The summed E-state index contributed by atoms with van der Waals surface area (Å²) < 4.78 is 22.7. The Hall–Kier alpha value is -3.82. The van der Waals surface area contributed by atoms with Crippen LogP contribution in [-0.2, 0) is 4.79 Å². The fraction of sp³-hybridized carbons (Fsp3) is 0.394. The Morgan fingerprint density at radius 1 is 1.16 bits per heavy atom. The average molecular weight is 601 g/mol. The monoisotopic (exact) mass is 600 g/mol. The number of carbonyl (C=O) groups is 1. The van der Waals surface area contributed by atoms with Gasteiger partial charge in [-0.05, 0) is 56.8 Å². The first kappa shape index (κ1) is 28.0. The summed E-state index contributed by atoms with van der Waals surface area (Å²) in [6.07, 6.45) is 7.03. The van der Waals surface area contributed by atoms with Gasteiger partial charge in [0, 0.05) is 59.8 Å². The molecule has 10 heteroatoms. The molecular formula is C33H34ClFN6O2. The number of pyridine rings is 1. The van der Waals surface area contributed by atoms with Gasteiger partial charge in [0.1, 0.15) is 23.6 Å². The van der Waals surface area contributed by atoms with Crippen molar-refractivity contribution in [3.05, 3.63) is 66.1 Å². The van der Waals surface area contributed by atoms with Crippen molar-refractivity contribution in [1.29, 1.82) is 0 Å². The van der Waals surface area contributed by atoms with E-state index in [4.69, 9.17) is 21.3 Å². The fourth-order valence-corrected chi connectivity index (χ4v) is 7.21. The van der Waals surface area contributed by atoms with E-state index in [2.05, 4.69) is 33.4 Å². The Kier molecular flexibility index (Phi) is 7.18. The number of anilines is 1. The number of hydrogen-bond acceptors (Lipinski definition) is 7. The smallest absolute Gasteiger partial charge is 0.319 e. The maximum absolute atomic E-state index is 16.6. The molecule has 5 heterocycles. The molecule has 1 amide bonds. The van der Waals surface area contributed by atoms with Gasteiger partial charge in [-0.3, -0.25) is 9.78 Å². The third-order valence-corrected chi connectivity index (χ3v) is 9.81. The first-order valence-electron chi connectivity index (χ1n) is 14.9. The molecule has 1 spiro atoms. The molecule has 3 aliphatic heterocycles. The number of likely N-dealkylation sites (N-methyl/N-ethyl adjacent to an activating group) is 1. The lowest BCUT2D eigenvalue weighted by Gasteiger charge is -2.53. The van der Waals surface area contributed by atoms with Crippen molar-refractivity contribution in [2.45, 2.75) is 31.7 Å². The molecule has 0 bridgehead atoms. The molecule has 3 aliphatic rings. The summed E-state index contributed by atoms with van der Waals surface area (Å²) in [5, 5.41) is 2.74. The van der Waals surface area contributed by atoms with E-state index in [0.717, 1.165) is 69.2 Å². The first-order valence-corrected chi connectivity index (χ1v) is 15.3. The van der Waals surface area contributed by atoms with Crippen LogP contribution in [0.4, 0.5) is 10.2 Å². The van der Waals surface area contributed by atoms with Gasteiger partial charge >= 0.3 is 6.01 Å². The Morgan fingerprint density at radius 2 is 1.93 bits per heavy atom. The van der Waals surface area contributed by atoms with Gasteiger partial charge in [-0.2, -0.15) is 9.97 Å². The van der Waals surface area contributed by atoms with E-state index < -0.39 is 5.82 Å². The number of likely N-dealkylation sites (tertiary alicyclic amines) is 2. The summed E-state index contributed by atoms with van der Waals surface area (Å²) in [7, 11) is 2.09. The molecule has 0 radical (unpaired) electrons. The lowest BCUT2D eigenvalue weighted by Crippen LogP contribution is -2.61. The van der Waals surface area contributed by atoms with Crippen LogP contribution in [0.2, 0.25) is 5.02 Å². The largest absolute Gasteiger partial charge is 0.462 e. The molecule has 0 aliphatic carbocycles.